The average Bonchev–Trinajstić information content (AvgIpc) is 3.05. The molecule has 0 aliphatic carbocycles. The number of esters is 1. The van der Waals surface area contributed by atoms with Gasteiger partial charge in [-0.05, 0) is 13.0 Å². The normalized spacial score (nSPS) is 10.9. The van der Waals surface area contributed by atoms with Crippen LogP contribution in [0.2, 0.25) is 0 Å². The molecule has 0 bridgehead atoms. The van der Waals surface area contributed by atoms with Crippen molar-refractivity contribution in [1.29, 1.82) is 0 Å². The van der Waals surface area contributed by atoms with Gasteiger partial charge in [0.2, 0.25) is 0 Å². The second-order valence-corrected chi connectivity index (χ2v) is 4.39. The lowest BCUT2D eigenvalue weighted by atomic mass is 10.1. The molecule has 7 nitrogen and oxygen atoms in total. The molecule has 102 valence electrons. The maximum Gasteiger partial charge on any atom is 0.356 e. The Morgan fingerprint density at radius 1 is 1.35 bits per heavy atom. The zero-order chi connectivity index (χ0) is 14.3. The Labute approximate surface area is 114 Å². The van der Waals surface area contributed by atoms with E-state index in [2.05, 4.69) is 15.2 Å². The third-order valence-electron chi connectivity index (χ3n) is 3.27. The minimum absolute atomic E-state index is 0.334. The van der Waals surface area contributed by atoms with Crippen molar-refractivity contribution in [3.8, 4) is 11.3 Å². The minimum atomic E-state index is -0.455. The monoisotopic (exact) mass is 271 g/mol. The zero-order valence-electron chi connectivity index (χ0n) is 11.4. The highest BCUT2D eigenvalue weighted by molar-refractivity contribution is 5.89. The molecule has 3 heterocycles. The SMILES string of the molecule is COC(=O)c1cc(-c2cnn(C)c2C)nc2ccnn12. The van der Waals surface area contributed by atoms with Crippen molar-refractivity contribution < 1.29 is 9.53 Å². The maximum absolute atomic E-state index is 11.9. The highest BCUT2D eigenvalue weighted by Crippen LogP contribution is 2.22. The molecule has 7 heteroatoms. The van der Waals surface area contributed by atoms with E-state index in [9.17, 15) is 4.79 Å². The Balaban J connectivity index is 2.27. The lowest BCUT2D eigenvalue weighted by Gasteiger charge is -2.06. The zero-order valence-corrected chi connectivity index (χ0v) is 11.4. The van der Waals surface area contributed by atoms with E-state index in [0.29, 0.717) is 17.0 Å². The smallest absolute Gasteiger partial charge is 0.356 e. The van der Waals surface area contributed by atoms with Crippen LogP contribution in [0.15, 0.2) is 24.5 Å². The average molecular weight is 271 g/mol. The topological polar surface area (TPSA) is 74.3 Å². The van der Waals surface area contributed by atoms with E-state index >= 15 is 0 Å². The van der Waals surface area contributed by atoms with Crippen LogP contribution in [-0.4, -0.2) is 37.5 Å². The maximum atomic E-state index is 11.9. The second kappa shape index (κ2) is 4.44. The summed E-state index contributed by atoms with van der Waals surface area (Å²) in [5.74, 6) is -0.455. The number of aromatic nitrogens is 5. The van der Waals surface area contributed by atoms with Crippen LogP contribution in [0, 0.1) is 6.92 Å². The predicted octanol–water partition coefficient (Wildman–Crippen LogP) is 1.22. The third-order valence-corrected chi connectivity index (χ3v) is 3.27. The van der Waals surface area contributed by atoms with E-state index in [0.717, 1.165) is 11.3 Å². The van der Waals surface area contributed by atoms with E-state index in [1.165, 1.54) is 11.6 Å². The Hall–Kier alpha value is -2.70. The Bertz CT molecular complexity index is 802. The quantitative estimate of drug-likeness (QED) is 0.655. The highest BCUT2D eigenvalue weighted by Gasteiger charge is 2.17. The lowest BCUT2D eigenvalue weighted by Crippen LogP contribution is -2.10. The van der Waals surface area contributed by atoms with E-state index in [4.69, 9.17) is 4.74 Å². The van der Waals surface area contributed by atoms with Crippen molar-refractivity contribution in [2.45, 2.75) is 6.92 Å². The number of fused-ring (bicyclic) bond motifs is 1. The number of carbonyl (C=O) groups is 1. The van der Waals surface area contributed by atoms with Crippen LogP contribution in [0.5, 0.6) is 0 Å². The van der Waals surface area contributed by atoms with Gasteiger partial charge in [-0.25, -0.2) is 14.3 Å². The number of rotatable bonds is 2. The highest BCUT2D eigenvalue weighted by atomic mass is 16.5. The van der Waals surface area contributed by atoms with Gasteiger partial charge < -0.3 is 4.74 Å². The van der Waals surface area contributed by atoms with Gasteiger partial charge in [0.25, 0.3) is 0 Å². The van der Waals surface area contributed by atoms with Crippen LogP contribution in [-0.2, 0) is 11.8 Å². The van der Waals surface area contributed by atoms with E-state index in [-0.39, 0.29) is 0 Å². The molecule has 3 aromatic rings. The molecular formula is C13H13N5O2. The van der Waals surface area contributed by atoms with Gasteiger partial charge in [0.15, 0.2) is 11.3 Å². The lowest BCUT2D eigenvalue weighted by molar-refractivity contribution is 0.0590. The number of nitrogens with zero attached hydrogens (tertiary/aromatic N) is 5. The van der Waals surface area contributed by atoms with Crippen LogP contribution in [0.1, 0.15) is 16.2 Å². The number of aryl methyl sites for hydroxylation is 1. The molecule has 0 radical (unpaired) electrons. The first-order valence-corrected chi connectivity index (χ1v) is 6.04. The summed E-state index contributed by atoms with van der Waals surface area (Å²) in [6.07, 6.45) is 3.32. The van der Waals surface area contributed by atoms with Crippen molar-refractivity contribution in [1.82, 2.24) is 24.4 Å². The molecule has 0 atom stereocenters. The van der Waals surface area contributed by atoms with Crippen LogP contribution in [0.3, 0.4) is 0 Å². The second-order valence-electron chi connectivity index (χ2n) is 4.39. The molecule has 0 aromatic carbocycles. The molecule has 0 fully saturated rings. The molecule has 0 aliphatic heterocycles. The van der Waals surface area contributed by atoms with Gasteiger partial charge in [-0.3, -0.25) is 4.68 Å². The number of hydrogen-bond acceptors (Lipinski definition) is 5. The van der Waals surface area contributed by atoms with E-state index in [1.54, 1.807) is 29.2 Å². The number of hydrogen-bond donors (Lipinski definition) is 0. The van der Waals surface area contributed by atoms with Gasteiger partial charge in [0.05, 0.1) is 25.2 Å². The first kappa shape index (κ1) is 12.3. The Morgan fingerprint density at radius 3 is 2.80 bits per heavy atom. The molecule has 0 spiro atoms. The minimum Gasteiger partial charge on any atom is -0.464 e. The summed E-state index contributed by atoms with van der Waals surface area (Å²) in [6, 6.07) is 3.40. The van der Waals surface area contributed by atoms with Crippen LogP contribution < -0.4 is 0 Å². The van der Waals surface area contributed by atoms with Crippen molar-refractivity contribution in [3.05, 3.63) is 35.9 Å². The van der Waals surface area contributed by atoms with Gasteiger partial charge in [0.1, 0.15) is 0 Å². The largest absolute Gasteiger partial charge is 0.464 e. The van der Waals surface area contributed by atoms with Crippen molar-refractivity contribution in [2.75, 3.05) is 7.11 Å². The first-order valence-electron chi connectivity index (χ1n) is 6.04. The summed E-state index contributed by atoms with van der Waals surface area (Å²) in [7, 11) is 3.20. The molecule has 0 unspecified atom stereocenters. The fraction of sp³-hybridized carbons (Fsp3) is 0.231. The predicted molar refractivity (Wildman–Crippen MR) is 71.3 cm³/mol. The van der Waals surface area contributed by atoms with Gasteiger partial charge in [-0.1, -0.05) is 0 Å². The standard InChI is InChI=1S/C13H13N5O2/c1-8-9(7-15-17(8)2)10-6-11(13(19)20-3)18-12(16-10)4-5-14-18/h4-7H,1-3H3. The summed E-state index contributed by atoms with van der Waals surface area (Å²) in [6.45, 7) is 1.95. The molecule has 3 rings (SSSR count). The molecule has 0 saturated carbocycles. The molecule has 0 saturated heterocycles. The fourth-order valence-electron chi connectivity index (χ4n) is 2.05. The van der Waals surface area contributed by atoms with Crippen LogP contribution in [0.4, 0.5) is 0 Å². The van der Waals surface area contributed by atoms with Crippen molar-refractivity contribution in [2.24, 2.45) is 7.05 Å². The summed E-state index contributed by atoms with van der Waals surface area (Å²) < 4.78 is 8.01. The number of carbonyl (C=O) groups excluding carboxylic acids is 1. The van der Waals surface area contributed by atoms with E-state index in [1.807, 2.05) is 14.0 Å². The molecular weight excluding hydrogens is 258 g/mol. The molecule has 20 heavy (non-hydrogen) atoms. The Kier molecular flexibility index (Phi) is 2.74. The Morgan fingerprint density at radius 2 is 2.15 bits per heavy atom. The van der Waals surface area contributed by atoms with Crippen LogP contribution in [0.25, 0.3) is 16.9 Å². The summed E-state index contributed by atoms with van der Waals surface area (Å²) in [5.41, 5.74) is 3.44. The summed E-state index contributed by atoms with van der Waals surface area (Å²) in [5, 5.41) is 8.28. The third kappa shape index (κ3) is 1.75. The van der Waals surface area contributed by atoms with Crippen molar-refractivity contribution in [3.63, 3.8) is 0 Å². The van der Waals surface area contributed by atoms with Gasteiger partial charge in [-0.15, -0.1) is 0 Å². The van der Waals surface area contributed by atoms with Gasteiger partial charge in [0, 0.05) is 24.4 Å². The first-order chi connectivity index (χ1) is 9.61. The van der Waals surface area contributed by atoms with Gasteiger partial charge >= 0.3 is 5.97 Å². The van der Waals surface area contributed by atoms with Crippen molar-refractivity contribution >= 4 is 11.6 Å². The van der Waals surface area contributed by atoms with Gasteiger partial charge in [-0.2, -0.15) is 10.2 Å². The number of ether oxygens (including phenoxy) is 1. The van der Waals surface area contributed by atoms with E-state index < -0.39 is 5.97 Å². The molecule has 0 N–H and O–H groups in total. The fourth-order valence-corrected chi connectivity index (χ4v) is 2.05. The summed E-state index contributed by atoms with van der Waals surface area (Å²) >= 11 is 0. The molecule has 3 aromatic heterocycles. The van der Waals surface area contributed by atoms with Crippen LogP contribution >= 0.6 is 0 Å². The molecule has 0 amide bonds. The summed E-state index contributed by atoms with van der Waals surface area (Å²) in [4.78, 5) is 16.4. The molecule has 0 aliphatic rings. The number of methoxy groups -OCH3 is 1.